The second kappa shape index (κ2) is 10.4. The number of anilines is 1. The molecule has 174 valence electrons. The molecule has 0 atom stereocenters. The summed E-state index contributed by atoms with van der Waals surface area (Å²) in [4.78, 5) is 17.5. The maximum atomic E-state index is 12.8. The average Bonchev–Trinajstić information content (AvgIpc) is 3.29. The van der Waals surface area contributed by atoms with Crippen molar-refractivity contribution in [3.05, 3.63) is 112 Å². The minimum absolute atomic E-state index is 0.176. The Kier molecular flexibility index (Phi) is 6.93. The molecule has 1 aromatic heterocycles. The highest BCUT2D eigenvalue weighted by Crippen LogP contribution is 2.31. The molecule has 6 heteroatoms. The van der Waals surface area contributed by atoms with Crippen LogP contribution in [0.25, 0.3) is 20.8 Å². The molecule has 0 saturated carbocycles. The van der Waals surface area contributed by atoms with Crippen molar-refractivity contribution >= 4 is 49.1 Å². The van der Waals surface area contributed by atoms with Crippen molar-refractivity contribution in [1.82, 2.24) is 4.98 Å². The molecule has 0 aliphatic rings. The van der Waals surface area contributed by atoms with Crippen molar-refractivity contribution in [2.75, 3.05) is 11.9 Å². The Hall–Kier alpha value is -3.48. The van der Waals surface area contributed by atoms with Crippen LogP contribution in [0, 0.1) is 6.92 Å². The predicted octanol–water partition coefficient (Wildman–Crippen LogP) is 7.91. The lowest BCUT2D eigenvalue weighted by atomic mass is 10.1. The van der Waals surface area contributed by atoms with E-state index in [4.69, 9.17) is 9.72 Å². The van der Waals surface area contributed by atoms with Crippen LogP contribution >= 0.6 is 27.3 Å². The van der Waals surface area contributed by atoms with Gasteiger partial charge < -0.3 is 10.1 Å². The van der Waals surface area contributed by atoms with Gasteiger partial charge in [-0.2, -0.15) is 0 Å². The maximum Gasteiger partial charge on any atom is 0.255 e. The molecule has 0 aliphatic heterocycles. The van der Waals surface area contributed by atoms with Crippen LogP contribution in [0.2, 0.25) is 0 Å². The molecule has 1 N–H and O–H groups in total. The van der Waals surface area contributed by atoms with Crippen LogP contribution in [-0.2, 0) is 6.42 Å². The molecule has 0 saturated heterocycles. The lowest BCUT2D eigenvalue weighted by Gasteiger charge is -2.10. The zero-order valence-electron chi connectivity index (χ0n) is 19.1. The van der Waals surface area contributed by atoms with Crippen molar-refractivity contribution in [1.29, 1.82) is 0 Å². The molecule has 1 heterocycles. The molecule has 35 heavy (non-hydrogen) atoms. The average molecular weight is 543 g/mol. The fourth-order valence-electron chi connectivity index (χ4n) is 3.74. The topological polar surface area (TPSA) is 51.2 Å². The number of amides is 1. The Balaban J connectivity index is 1.21. The monoisotopic (exact) mass is 542 g/mol. The lowest BCUT2D eigenvalue weighted by molar-refractivity contribution is 0.102. The van der Waals surface area contributed by atoms with Crippen LogP contribution in [0.5, 0.6) is 5.75 Å². The van der Waals surface area contributed by atoms with Crippen LogP contribution in [-0.4, -0.2) is 17.5 Å². The third kappa shape index (κ3) is 5.61. The first kappa shape index (κ1) is 23.3. The van der Waals surface area contributed by atoms with Gasteiger partial charge in [-0.25, -0.2) is 4.98 Å². The Labute approximate surface area is 216 Å². The van der Waals surface area contributed by atoms with Crippen LogP contribution in [0.3, 0.4) is 0 Å². The van der Waals surface area contributed by atoms with Crippen molar-refractivity contribution < 1.29 is 9.53 Å². The molecule has 0 unspecified atom stereocenters. The molecule has 1 amide bonds. The first-order chi connectivity index (χ1) is 17.0. The van der Waals surface area contributed by atoms with Gasteiger partial charge in [-0.05, 0) is 88.6 Å². The van der Waals surface area contributed by atoms with Crippen molar-refractivity contribution in [3.63, 3.8) is 0 Å². The largest absolute Gasteiger partial charge is 0.492 e. The Morgan fingerprint density at radius 3 is 2.54 bits per heavy atom. The van der Waals surface area contributed by atoms with Crippen molar-refractivity contribution in [2.24, 2.45) is 0 Å². The van der Waals surface area contributed by atoms with E-state index < -0.39 is 0 Å². The number of fused-ring (bicyclic) bond motifs is 1. The normalized spacial score (nSPS) is 10.9. The second-order valence-corrected chi connectivity index (χ2v) is 10.1. The number of carbonyl (C=O) groups is 1. The van der Waals surface area contributed by atoms with Crippen molar-refractivity contribution in [3.8, 4) is 16.3 Å². The van der Waals surface area contributed by atoms with Gasteiger partial charge in [0, 0.05) is 23.2 Å². The summed E-state index contributed by atoms with van der Waals surface area (Å²) in [6, 6.07) is 29.6. The molecule has 4 aromatic carbocycles. The molecule has 5 rings (SSSR count). The summed E-state index contributed by atoms with van der Waals surface area (Å²) in [6.45, 7) is 2.65. The molecule has 0 radical (unpaired) electrons. The van der Waals surface area contributed by atoms with E-state index in [-0.39, 0.29) is 5.91 Å². The number of benzene rings is 4. The summed E-state index contributed by atoms with van der Waals surface area (Å²) < 4.78 is 7.82. The highest BCUT2D eigenvalue weighted by molar-refractivity contribution is 9.10. The van der Waals surface area contributed by atoms with E-state index in [1.165, 1.54) is 15.8 Å². The molecule has 0 spiro atoms. The zero-order chi connectivity index (χ0) is 24.2. The van der Waals surface area contributed by atoms with E-state index in [2.05, 4.69) is 58.5 Å². The van der Waals surface area contributed by atoms with Gasteiger partial charge in [-0.3, -0.25) is 4.79 Å². The van der Waals surface area contributed by atoms with E-state index >= 15 is 0 Å². The summed E-state index contributed by atoms with van der Waals surface area (Å²) in [5, 5.41) is 3.93. The molecule has 4 nitrogen and oxygen atoms in total. The summed E-state index contributed by atoms with van der Waals surface area (Å²) in [6.07, 6.45) is 0.822. The van der Waals surface area contributed by atoms with Gasteiger partial charge in [0.15, 0.2) is 0 Å². The first-order valence-electron chi connectivity index (χ1n) is 11.3. The smallest absolute Gasteiger partial charge is 0.255 e. The predicted molar refractivity (Wildman–Crippen MR) is 148 cm³/mol. The van der Waals surface area contributed by atoms with E-state index in [9.17, 15) is 4.79 Å². The van der Waals surface area contributed by atoms with Gasteiger partial charge in [0.25, 0.3) is 5.91 Å². The fourth-order valence-corrected chi connectivity index (χ4v) is 5.30. The summed E-state index contributed by atoms with van der Waals surface area (Å²) in [5.74, 6) is 0.539. The molecular weight excluding hydrogens is 520 g/mol. The SMILES string of the molecule is Cc1ccc2nc(-c3ccc(NC(=O)c4ccc(OCCc5ccccc5)c(Br)c4)cc3)sc2c1. The molecular formula is C29H23BrN2O2S. The zero-order valence-corrected chi connectivity index (χ0v) is 21.5. The summed E-state index contributed by atoms with van der Waals surface area (Å²) in [5.41, 5.74) is 5.77. The summed E-state index contributed by atoms with van der Waals surface area (Å²) >= 11 is 5.20. The third-order valence-electron chi connectivity index (χ3n) is 5.62. The van der Waals surface area contributed by atoms with E-state index in [0.717, 1.165) is 32.7 Å². The van der Waals surface area contributed by atoms with E-state index in [1.54, 1.807) is 23.5 Å². The molecule has 0 fully saturated rings. The van der Waals surface area contributed by atoms with Crippen LogP contribution in [0.15, 0.2) is 95.5 Å². The Bertz CT molecular complexity index is 1480. The number of halogens is 1. The van der Waals surface area contributed by atoms with Gasteiger partial charge in [0.05, 0.1) is 21.3 Å². The van der Waals surface area contributed by atoms with E-state index in [0.29, 0.717) is 17.9 Å². The number of nitrogens with zero attached hydrogens (tertiary/aromatic N) is 1. The lowest BCUT2D eigenvalue weighted by Crippen LogP contribution is -2.12. The summed E-state index contributed by atoms with van der Waals surface area (Å²) in [7, 11) is 0. The highest BCUT2D eigenvalue weighted by Gasteiger charge is 2.11. The number of aryl methyl sites for hydroxylation is 1. The maximum absolute atomic E-state index is 12.8. The van der Waals surface area contributed by atoms with Gasteiger partial charge in [0.1, 0.15) is 10.8 Å². The Morgan fingerprint density at radius 2 is 1.77 bits per heavy atom. The third-order valence-corrected chi connectivity index (χ3v) is 7.31. The number of rotatable bonds is 7. The van der Waals surface area contributed by atoms with Crippen LogP contribution < -0.4 is 10.1 Å². The minimum Gasteiger partial charge on any atom is -0.492 e. The molecule has 0 aliphatic carbocycles. The van der Waals surface area contributed by atoms with Crippen LogP contribution in [0.1, 0.15) is 21.5 Å². The number of nitrogens with one attached hydrogen (secondary N) is 1. The first-order valence-corrected chi connectivity index (χ1v) is 12.9. The highest BCUT2D eigenvalue weighted by atomic mass is 79.9. The van der Waals surface area contributed by atoms with E-state index in [1.807, 2.05) is 48.5 Å². The van der Waals surface area contributed by atoms with Gasteiger partial charge in [0.2, 0.25) is 0 Å². The van der Waals surface area contributed by atoms with Gasteiger partial charge >= 0.3 is 0 Å². The van der Waals surface area contributed by atoms with Crippen molar-refractivity contribution in [2.45, 2.75) is 13.3 Å². The Morgan fingerprint density at radius 1 is 0.971 bits per heavy atom. The fraction of sp³-hybridized carbons (Fsp3) is 0.103. The number of hydrogen-bond donors (Lipinski definition) is 1. The minimum atomic E-state index is -0.176. The number of aromatic nitrogens is 1. The number of hydrogen-bond acceptors (Lipinski definition) is 4. The second-order valence-electron chi connectivity index (χ2n) is 8.25. The molecule has 0 bridgehead atoms. The standard InChI is InChI=1S/C29H23BrN2O2S/c1-19-7-13-25-27(17-19)35-29(32-25)21-8-11-23(12-9-21)31-28(33)22-10-14-26(24(30)18-22)34-16-15-20-5-3-2-4-6-20/h2-14,17-18H,15-16H2,1H3,(H,31,33). The number of carbonyl (C=O) groups excluding carboxylic acids is 1. The van der Waals surface area contributed by atoms with Crippen LogP contribution in [0.4, 0.5) is 5.69 Å². The van der Waals surface area contributed by atoms with Gasteiger partial charge in [-0.15, -0.1) is 11.3 Å². The quantitative estimate of drug-likeness (QED) is 0.227. The number of thiazole rings is 1. The number of ether oxygens (including phenoxy) is 1. The molecule has 5 aromatic rings. The van der Waals surface area contributed by atoms with Gasteiger partial charge in [-0.1, -0.05) is 36.4 Å².